The van der Waals surface area contributed by atoms with E-state index in [1.165, 1.54) is 12.1 Å². The van der Waals surface area contributed by atoms with Gasteiger partial charge in [-0.1, -0.05) is 12.1 Å². The van der Waals surface area contributed by atoms with E-state index in [2.05, 4.69) is 0 Å². The maximum absolute atomic E-state index is 12.6. The minimum atomic E-state index is -3.48. The fourth-order valence-electron chi connectivity index (χ4n) is 1.15. The lowest BCUT2D eigenvalue weighted by Gasteiger charge is -2.14. The highest BCUT2D eigenvalue weighted by Gasteiger charge is 2.32. The van der Waals surface area contributed by atoms with E-state index in [1.54, 1.807) is 0 Å². The average Bonchev–Trinajstić information content (AvgIpc) is 2.25. The van der Waals surface area contributed by atoms with E-state index >= 15 is 0 Å². The SMILES string of the molecule is CC(F)(F)C(=O)NC[C@@H](O)c1ccc(F)cc1. The van der Waals surface area contributed by atoms with Crippen LogP contribution in [0.4, 0.5) is 13.2 Å². The van der Waals surface area contributed by atoms with Crippen molar-refractivity contribution in [3.05, 3.63) is 35.6 Å². The maximum Gasteiger partial charge on any atom is 0.321 e. The summed E-state index contributed by atoms with van der Waals surface area (Å²) in [6.07, 6.45) is -1.15. The monoisotopic (exact) mass is 247 g/mol. The normalized spacial score (nSPS) is 13.2. The Morgan fingerprint density at radius 2 is 1.94 bits per heavy atom. The third-order valence-electron chi connectivity index (χ3n) is 2.11. The highest BCUT2D eigenvalue weighted by molar-refractivity contribution is 5.82. The number of carbonyl (C=O) groups is 1. The van der Waals surface area contributed by atoms with Crippen LogP contribution < -0.4 is 5.32 Å². The molecule has 3 nitrogen and oxygen atoms in total. The minimum absolute atomic E-state index is 0.339. The second kappa shape index (κ2) is 5.18. The molecule has 0 bridgehead atoms. The molecular formula is C11H12F3NO2. The van der Waals surface area contributed by atoms with Crippen molar-refractivity contribution in [2.75, 3.05) is 6.54 Å². The Morgan fingerprint density at radius 1 is 1.41 bits per heavy atom. The molecule has 0 saturated heterocycles. The summed E-state index contributed by atoms with van der Waals surface area (Å²) in [7, 11) is 0. The van der Waals surface area contributed by atoms with Crippen LogP contribution >= 0.6 is 0 Å². The summed E-state index contributed by atoms with van der Waals surface area (Å²) < 4.78 is 37.5. The predicted octanol–water partition coefficient (Wildman–Crippen LogP) is 1.63. The molecule has 0 heterocycles. The zero-order chi connectivity index (χ0) is 13.1. The zero-order valence-electron chi connectivity index (χ0n) is 9.08. The molecule has 1 aromatic rings. The lowest BCUT2D eigenvalue weighted by Crippen LogP contribution is -2.39. The number of nitrogens with one attached hydrogen (secondary N) is 1. The number of rotatable bonds is 4. The number of alkyl halides is 2. The molecule has 1 atom stereocenters. The van der Waals surface area contributed by atoms with Crippen LogP contribution in [0.15, 0.2) is 24.3 Å². The van der Waals surface area contributed by atoms with Gasteiger partial charge in [-0.05, 0) is 17.7 Å². The van der Waals surface area contributed by atoms with Crippen LogP contribution in [0, 0.1) is 5.82 Å². The van der Waals surface area contributed by atoms with Crippen molar-refractivity contribution < 1.29 is 23.1 Å². The molecule has 0 aromatic heterocycles. The van der Waals surface area contributed by atoms with Gasteiger partial charge in [-0.25, -0.2) is 4.39 Å². The Labute approximate surface area is 96.3 Å². The number of hydrogen-bond acceptors (Lipinski definition) is 2. The van der Waals surface area contributed by atoms with E-state index in [0.29, 0.717) is 12.5 Å². The molecule has 0 fully saturated rings. The van der Waals surface area contributed by atoms with Gasteiger partial charge in [-0.15, -0.1) is 0 Å². The van der Waals surface area contributed by atoms with Crippen LogP contribution in [-0.4, -0.2) is 23.5 Å². The Hall–Kier alpha value is -1.56. The number of benzene rings is 1. The maximum atomic E-state index is 12.6. The Balaban J connectivity index is 2.53. The van der Waals surface area contributed by atoms with Crippen molar-refractivity contribution in [3.63, 3.8) is 0 Å². The van der Waals surface area contributed by atoms with Crippen molar-refractivity contribution in [2.24, 2.45) is 0 Å². The molecule has 0 spiro atoms. The molecule has 1 aromatic carbocycles. The molecule has 6 heteroatoms. The first-order chi connectivity index (χ1) is 7.80. The summed E-state index contributed by atoms with van der Waals surface area (Å²) in [6.45, 7) is 0.112. The van der Waals surface area contributed by atoms with Crippen molar-refractivity contribution >= 4 is 5.91 Å². The summed E-state index contributed by atoms with van der Waals surface area (Å²) in [6, 6.07) is 4.90. The van der Waals surface area contributed by atoms with E-state index in [9.17, 15) is 23.1 Å². The smallest absolute Gasteiger partial charge is 0.321 e. The molecule has 1 rings (SSSR count). The van der Waals surface area contributed by atoms with Crippen LogP contribution in [0.3, 0.4) is 0 Å². The Morgan fingerprint density at radius 3 is 2.41 bits per heavy atom. The first-order valence-corrected chi connectivity index (χ1v) is 4.90. The van der Waals surface area contributed by atoms with E-state index in [0.717, 1.165) is 12.1 Å². The van der Waals surface area contributed by atoms with E-state index < -0.39 is 23.8 Å². The highest BCUT2D eigenvalue weighted by atomic mass is 19.3. The molecule has 2 N–H and O–H groups in total. The number of amides is 1. The van der Waals surface area contributed by atoms with Crippen molar-refractivity contribution in [1.29, 1.82) is 0 Å². The number of hydrogen-bond donors (Lipinski definition) is 2. The minimum Gasteiger partial charge on any atom is -0.387 e. The van der Waals surface area contributed by atoms with E-state index in [-0.39, 0.29) is 6.54 Å². The molecular weight excluding hydrogens is 235 g/mol. The highest BCUT2D eigenvalue weighted by Crippen LogP contribution is 2.14. The second-order valence-electron chi connectivity index (χ2n) is 3.67. The van der Waals surface area contributed by atoms with E-state index in [1.807, 2.05) is 5.32 Å². The van der Waals surface area contributed by atoms with Gasteiger partial charge in [0.1, 0.15) is 5.82 Å². The van der Waals surface area contributed by atoms with E-state index in [4.69, 9.17) is 0 Å². The van der Waals surface area contributed by atoms with Gasteiger partial charge in [0.15, 0.2) is 0 Å². The topological polar surface area (TPSA) is 49.3 Å². The van der Waals surface area contributed by atoms with Crippen LogP contribution in [0.2, 0.25) is 0 Å². The van der Waals surface area contributed by atoms with Crippen LogP contribution in [-0.2, 0) is 4.79 Å². The van der Waals surface area contributed by atoms with Crippen molar-refractivity contribution in [3.8, 4) is 0 Å². The summed E-state index contributed by atoms with van der Waals surface area (Å²) in [5.74, 6) is -5.41. The number of aliphatic hydroxyl groups is 1. The van der Waals surface area contributed by atoms with Gasteiger partial charge in [0.2, 0.25) is 0 Å². The lowest BCUT2D eigenvalue weighted by atomic mass is 10.1. The molecule has 0 saturated carbocycles. The van der Waals surface area contributed by atoms with Crippen LogP contribution in [0.5, 0.6) is 0 Å². The molecule has 0 aliphatic heterocycles. The average molecular weight is 247 g/mol. The summed E-state index contributed by atoms with van der Waals surface area (Å²) in [5.41, 5.74) is 0.339. The summed E-state index contributed by atoms with van der Waals surface area (Å²) in [4.78, 5) is 10.8. The van der Waals surface area contributed by atoms with Crippen LogP contribution in [0.25, 0.3) is 0 Å². The first-order valence-electron chi connectivity index (χ1n) is 4.90. The van der Waals surface area contributed by atoms with Gasteiger partial charge < -0.3 is 10.4 Å². The largest absolute Gasteiger partial charge is 0.387 e. The van der Waals surface area contributed by atoms with Gasteiger partial charge in [0.25, 0.3) is 5.91 Å². The first kappa shape index (κ1) is 13.5. The molecule has 94 valence electrons. The number of aliphatic hydroxyl groups excluding tert-OH is 1. The third kappa shape index (κ3) is 4.07. The quantitative estimate of drug-likeness (QED) is 0.849. The van der Waals surface area contributed by atoms with Crippen molar-refractivity contribution in [2.45, 2.75) is 19.0 Å². The number of carbonyl (C=O) groups excluding carboxylic acids is 1. The van der Waals surface area contributed by atoms with Gasteiger partial charge in [-0.2, -0.15) is 8.78 Å². The Kier molecular flexibility index (Phi) is 4.11. The van der Waals surface area contributed by atoms with Gasteiger partial charge >= 0.3 is 5.92 Å². The molecule has 1 amide bonds. The Bertz CT molecular complexity index is 387. The second-order valence-corrected chi connectivity index (χ2v) is 3.67. The fourth-order valence-corrected chi connectivity index (χ4v) is 1.15. The molecule has 17 heavy (non-hydrogen) atoms. The standard InChI is InChI=1S/C11H12F3NO2/c1-11(13,14)10(17)15-6-9(16)7-2-4-8(12)5-3-7/h2-5,9,16H,6H2,1H3,(H,15,17)/t9-/m1/s1. The zero-order valence-corrected chi connectivity index (χ0v) is 9.08. The van der Waals surface area contributed by atoms with Crippen LogP contribution in [0.1, 0.15) is 18.6 Å². The summed E-state index contributed by atoms with van der Waals surface area (Å²) >= 11 is 0. The van der Waals surface area contributed by atoms with Crippen molar-refractivity contribution in [1.82, 2.24) is 5.32 Å². The van der Waals surface area contributed by atoms with Gasteiger partial charge in [-0.3, -0.25) is 4.79 Å². The fraction of sp³-hybridized carbons (Fsp3) is 0.364. The summed E-state index contributed by atoms with van der Waals surface area (Å²) in [5, 5.41) is 11.4. The molecule has 0 aliphatic carbocycles. The number of halogens is 3. The molecule has 0 radical (unpaired) electrons. The lowest BCUT2D eigenvalue weighted by molar-refractivity contribution is -0.143. The molecule has 0 aliphatic rings. The third-order valence-corrected chi connectivity index (χ3v) is 2.11. The van der Waals surface area contributed by atoms with Gasteiger partial charge in [0, 0.05) is 13.5 Å². The molecule has 0 unspecified atom stereocenters. The predicted molar refractivity (Wildman–Crippen MR) is 55.0 cm³/mol. The van der Waals surface area contributed by atoms with Gasteiger partial charge in [0.05, 0.1) is 6.10 Å².